The lowest BCUT2D eigenvalue weighted by molar-refractivity contribution is -0.150. The second-order valence-electron chi connectivity index (χ2n) is 3.69. The van der Waals surface area contributed by atoms with Gasteiger partial charge in [0.25, 0.3) is 5.91 Å². The highest BCUT2D eigenvalue weighted by Gasteiger charge is 2.26. The summed E-state index contributed by atoms with van der Waals surface area (Å²) in [5.74, 6) is -0.372. The zero-order chi connectivity index (χ0) is 12.0. The predicted molar refractivity (Wildman–Crippen MR) is 59.3 cm³/mol. The van der Waals surface area contributed by atoms with Crippen molar-refractivity contribution in [1.29, 1.82) is 0 Å². The lowest BCUT2D eigenvalue weighted by Gasteiger charge is -2.30. The van der Waals surface area contributed by atoms with Crippen molar-refractivity contribution in [2.75, 3.05) is 19.7 Å². The Bertz CT molecular complexity index is 270. The van der Waals surface area contributed by atoms with Gasteiger partial charge in [-0.15, -0.1) is 0 Å². The van der Waals surface area contributed by atoms with Crippen LogP contribution in [0.1, 0.15) is 19.8 Å². The van der Waals surface area contributed by atoms with Gasteiger partial charge in [-0.2, -0.15) is 0 Å². The summed E-state index contributed by atoms with van der Waals surface area (Å²) in [5, 5.41) is 1.81. The lowest BCUT2D eigenvalue weighted by atomic mass is 9.98. The Kier molecular flexibility index (Phi) is 4.98. The van der Waals surface area contributed by atoms with Gasteiger partial charge in [0.15, 0.2) is 0 Å². The highest BCUT2D eigenvalue weighted by atomic mass is 16.5. The molecule has 1 aliphatic heterocycles. The van der Waals surface area contributed by atoms with Crippen LogP contribution in [0.15, 0.2) is 12.7 Å². The number of piperidine rings is 1. The maximum atomic E-state index is 11.4. The number of ether oxygens (including phenoxy) is 1. The van der Waals surface area contributed by atoms with Gasteiger partial charge < -0.3 is 4.74 Å². The van der Waals surface area contributed by atoms with Crippen LogP contribution in [-0.2, 0) is 14.3 Å². The summed E-state index contributed by atoms with van der Waals surface area (Å²) in [5.41, 5.74) is 2.68. The molecule has 0 saturated carbocycles. The third-order valence-corrected chi connectivity index (χ3v) is 2.57. The molecule has 1 amide bonds. The van der Waals surface area contributed by atoms with Gasteiger partial charge in [-0.1, -0.05) is 6.58 Å². The number of nitrogens with one attached hydrogen (secondary N) is 1. The standard InChI is InChI=1S/C11H18N2O3/c1-3-10(14)12-13-7-5-9(6-8-13)11(15)16-4-2/h3,9H,1,4-8H2,2H3,(H,12,14). The van der Waals surface area contributed by atoms with Crippen molar-refractivity contribution in [1.82, 2.24) is 10.4 Å². The molecule has 16 heavy (non-hydrogen) atoms. The van der Waals surface area contributed by atoms with Crippen molar-refractivity contribution in [2.45, 2.75) is 19.8 Å². The molecule has 0 bridgehead atoms. The molecule has 0 radical (unpaired) electrons. The molecule has 1 heterocycles. The third-order valence-electron chi connectivity index (χ3n) is 2.57. The Morgan fingerprint density at radius 1 is 1.50 bits per heavy atom. The zero-order valence-corrected chi connectivity index (χ0v) is 9.57. The van der Waals surface area contributed by atoms with Crippen molar-refractivity contribution in [3.05, 3.63) is 12.7 Å². The summed E-state index contributed by atoms with van der Waals surface area (Å²) in [6, 6.07) is 0. The van der Waals surface area contributed by atoms with Gasteiger partial charge in [0.05, 0.1) is 12.5 Å². The van der Waals surface area contributed by atoms with Gasteiger partial charge in [-0.25, -0.2) is 5.01 Å². The molecule has 0 unspecified atom stereocenters. The SMILES string of the molecule is C=CC(=O)NN1CCC(C(=O)OCC)CC1. The van der Waals surface area contributed by atoms with Crippen molar-refractivity contribution in [3.63, 3.8) is 0 Å². The van der Waals surface area contributed by atoms with Gasteiger partial charge in [0, 0.05) is 13.1 Å². The van der Waals surface area contributed by atoms with Crippen LogP contribution in [0, 0.1) is 5.92 Å². The smallest absolute Gasteiger partial charge is 0.309 e. The van der Waals surface area contributed by atoms with Gasteiger partial charge in [0.1, 0.15) is 0 Å². The highest BCUT2D eigenvalue weighted by molar-refractivity contribution is 5.86. The van der Waals surface area contributed by atoms with Crippen molar-refractivity contribution < 1.29 is 14.3 Å². The molecule has 5 heteroatoms. The molecule has 0 spiro atoms. The molecule has 0 aromatic carbocycles. The topological polar surface area (TPSA) is 58.6 Å². The molecule has 0 aromatic rings. The number of hydrazine groups is 1. The maximum absolute atomic E-state index is 11.4. The van der Waals surface area contributed by atoms with Crippen LogP contribution in [0.4, 0.5) is 0 Å². The number of nitrogens with zero attached hydrogens (tertiary/aromatic N) is 1. The fraction of sp³-hybridized carbons (Fsp3) is 0.636. The molecular weight excluding hydrogens is 208 g/mol. The molecule has 1 fully saturated rings. The number of amides is 1. The van der Waals surface area contributed by atoms with Crippen molar-refractivity contribution >= 4 is 11.9 Å². The van der Waals surface area contributed by atoms with E-state index in [-0.39, 0.29) is 17.8 Å². The van der Waals surface area contributed by atoms with Crippen LogP contribution in [0.2, 0.25) is 0 Å². The van der Waals surface area contributed by atoms with E-state index < -0.39 is 0 Å². The molecule has 5 nitrogen and oxygen atoms in total. The van der Waals surface area contributed by atoms with E-state index in [9.17, 15) is 9.59 Å². The second kappa shape index (κ2) is 6.27. The summed E-state index contributed by atoms with van der Waals surface area (Å²) in [4.78, 5) is 22.5. The molecule has 1 rings (SSSR count). The van der Waals surface area contributed by atoms with Crippen LogP contribution in [0.5, 0.6) is 0 Å². The Morgan fingerprint density at radius 3 is 2.62 bits per heavy atom. The van der Waals surface area contributed by atoms with Crippen LogP contribution < -0.4 is 5.43 Å². The fourth-order valence-corrected chi connectivity index (χ4v) is 1.69. The number of rotatable bonds is 4. The molecule has 0 aromatic heterocycles. The first-order valence-electron chi connectivity index (χ1n) is 5.52. The van der Waals surface area contributed by atoms with Gasteiger partial charge in [-0.05, 0) is 25.8 Å². The summed E-state index contributed by atoms with van der Waals surface area (Å²) in [7, 11) is 0. The minimum absolute atomic E-state index is 0.0307. The first-order valence-corrected chi connectivity index (χ1v) is 5.52. The molecular formula is C11H18N2O3. The van der Waals surface area contributed by atoms with Gasteiger partial charge in [0.2, 0.25) is 0 Å². The summed E-state index contributed by atoms with van der Waals surface area (Å²) < 4.78 is 4.96. The Labute approximate surface area is 95.4 Å². The predicted octanol–water partition coefficient (Wildman–Crippen LogP) is 0.479. The first kappa shape index (κ1) is 12.7. The Morgan fingerprint density at radius 2 is 2.12 bits per heavy atom. The summed E-state index contributed by atoms with van der Waals surface area (Å²) in [6.07, 6.45) is 2.67. The monoisotopic (exact) mass is 226 g/mol. The van der Waals surface area contributed by atoms with Crippen molar-refractivity contribution in [2.24, 2.45) is 5.92 Å². The number of esters is 1. The van der Waals surface area contributed by atoms with Crippen LogP contribution >= 0.6 is 0 Å². The second-order valence-corrected chi connectivity index (χ2v) is 3.69. The summed E-state index contributed by atoms with van der Waals surface area (Å²) >= 11 is 0. The quantitative estimate of drug-likeness (QED) is 0.559. The maximum Gasteiger partial charge on any atom is 0.309 e. The third kappa shape index (κ3) is 3.66. The zero-order valence-electron chi connectivity index (χ0n) is 9.57. The van der Waals surface area contributed by atoms with Gasteiger partial charge in [-0.3, -0.25) is 15.0 Å². The average Bonchev–Trinajstić information content (AvgIpc) is 2.30. The molecule has 1 saturated heterocycles. The van der Waals surface area contributed by atoms with E-state index in [1.165, 1.54) is 6.08 Å². The lowest BCUT2D eigenvalue weighted by Crippen LogP contribution is -2.47. The highest BCUT2D eigenvalue weighted by Crippen LogP contribution is 2.17. The Balaban J connectivity index is 2.30. The minimum Gasteiger partial charge on any atom is -0.466 e. The summed E-state index contributed by atoms with van der Waals surface area (Å²) in [6.45, 7) is 6.95. The largest absolute Gasteiger partial charge is 0.466 e. The van der Waals surface area contributed by atoms with E-state index in [2.05, 4.69) is 12.0 Å². The van der Waals surface area contributed by atoms with Crippen LogP contribution in [0.25, 0.3) is 0 Å². The van der Waals surface area contributed by atoms with E-state index in [0.717, 1.165) is 12.8 Å². The number of hydrogen-bond donors (Lipinski definition) is 1. The van der Waals surface area contributed by atoms with E-state index in [4.69, 9.17) is 4.74 Å². The van der Waals surface area contributed by atoms with Crippen LogP contribution in [-0.4, -0.2) is 36.6 Å². The van der Waals surface area contributed by atoms with E-state index in [0.29, 0.717) is 19.7 Å². The normalized spacial score (nSPS) is 17.8. The molecule has 0 aliphatic carbocycles. The molecule has 1 N–H and O–H groups in total. The average molecular weight is 226 g/mol. The first-order chi connectivity index (χ1) is 7.67. The number of hydrogen-bond acceptors (Lipinski definition) is 4. The molecule has 90 valence electrons. The van der Waals surface area contributed by atoms with Gasteiger partial charge >= 0.3 is 5.97 Å². The Hall–Kier alpha value is -1.36. The van der Waals surface area contributed by atoms with Crippen LogP contribution in [0.3, 0.4) is 0 Å². The molecule has 1 aliphatic rings. The van der Waals surface area contributed by atoms with Crippen molar-refractivity contribution in [3.8, 4) is 0 Å². The fourth-order valence-electron chi connectivity index (χ4n) is 1.69. The molecule has 0 atom stereocenters. The van der Waals surface area contributed by atoms with E-state index >= 15 is 0 Å². The van der Waals surface area contributed by atoms with E-state index in [1.807, 2.05) is 0 Å². The minimum atomic E-state index is -0.213. The van der Waals surface area contributed by atoms with E-state index in [1.54, 1.807) is 11.9 Å². The number of carbonyl (C=O) groups excluding carboxylic acids is 2. The number of carbonyl (C=O) groups is 2.